The van der Waals surface area contributed by atoms with Crippen LogP contribution in [0.5, 0.6) is 0 Å². The smallest absolute Gasteiger partial charge is 0.237 e. The molecule has 6 heteroatoms. The summed E-state index contributed by atoms with van der Waals surface area (Å²) in [6.45, 7) is 0.266. The van der Waals surface area contributed by atoms with Crippen LogP contribution in [0.3, 0.4) is 0 Å². The minimum atomic E-state index is -0.839. The summed E-state index contributed by atoms with van der Waals surface area (Å²) in [6, 6.07) is 6.88. The molecule has 1 fully saturated rings. The zero-order chi connectivity index (χ0) is 15.5. The van der Waals surface area contributed by atoms with Gasteiger partial charge in [0.1, 0.15) is 12.6 Å². The number of hydrogen-bond donors (Lipinski definition) is 1. The molecule has 0 bridgehead atoms. The number of piperidine rings is 1. The third-order valence-corrected chi connectivity index (χ3v) is 4.42. The highest BCUT2D eigenvalue weighted by Crippen LogP contribution is 2.36. The fourth-order valence-corrected chi connectivity index (χ4v) is 3.02. The molecular formula is C15H18ClFN2O2. The van der Waals surface area contributed by atoms with E-state index in [4.69, 9.17) is 17.3 Å². The molecule has 21 heavy (non-hydrogen) atoms. The monoisotopic (exact) mass is 312 g/mol. The van der Waals surface area contributed by atoms with Gasteiger partial charge in [0, 0.05) is 13.1 Å². The predicted octanol–water partition coefficient (Wildman–Crippen LogP) is 1.74. The Hall–Kier alpha value is -1.62. The van der Waals surface area contributed by atoms with E-state index in [1.54, 1.807) is 29.2 Å². The van der Waals surface area contributed by atoms with Crippen LogP contribution >= 0.6 is 11.6 Å². The molecule has 0 aromatic heterocycles. The average molecular weight is 313 g/mol. The maximum absolute atomic E-state index is 12.8. The van der Waals surface area contributed by atoms with Gasteiger partial charge in [0.05, 0.1) is 5.41 Å². The van der Waals surface area contributed by atoms with Crippen molar-refractivity contribution in [3.63, 3.8) is 0 Å². The zero-order valence-corrected chi connectivity index (χ0v) is 12.4. The van der Waals surface area contributed by atoms with E-state index in [0.717, 1.165) is 5.56 Å². The first-order chi connectivity index (χ1) is 10.0. The maximum Gasteiger partial charge on any atom is 0.237 e. The molecule has 2 rings (SSSR count). The number of carbonyl (C=O) groups is 2. The molecule has 0 radical (unpaired) electrons. The van der Waals surface area contributed by atoms with Crippen LogP contribution in [0.4, 0.5) is 4.39 Å². The van der Waals surface area contributed by atoms with Crippen molar-refractivity contribution in [2.24, 2.45) is 5.73 Å². The molecule has 0 aliphatic carbocycles. The van der Waals surface area contributed by atoms with Crippen LogP contribution in [0.1, 0.15) is 24.0 Å². The molecule has 1 aliphatic heterocycles. The Bertz CT molecular complexity index is 542. The second-order valence-electron chi connectivity index (χ2n) is 5.29. The van der Waals surface area contributed by atoms with Crippen LogP contribution in [0.25, 0.3) is 0 Å². The Morgan fingerprint density at radius 1 is 1.33 bits per heavy atom. The third kappa shape index (κ3) is 3.02. The second-order valence-corrected chi connectivity index (χ2v) is 5.56. The van der Waals surface area contributed by atoms with E-state index < -0.39 is 18.0 Å². The summed E-state index contributed by atoms with van der Waals surface area (Å²) in [6.07, 6.45) is 0.863. The summed E-state index contributed by atoms with van der Waals surface area (Å²) >= 11 is 5.55. The topological polar surface area (TPSA) is 63.4 Å². The molecule has 0 atom stereocenters. The number of carbonyl (C=O) groups excluding carboxylic acids is 2. The summed E-state index contributed by atoms with van der Waals surface area (Å²) in [7, 11) is 0. The fraction of sp³-hybridized carbons (Fsp3) is 0.467. The van der Waals surface area contributed by atoms with E-state index >= 15 is 0 Å². The molecule has 2 N–H and O–H groups in total. The Morgan fingerprint density at radius 2 is 2.00 bits per heavy atom. The van der Waals surface area contributed by atoms with Crippen molar-refractivity contribution < 1.29 is 14.0 Å². The van der Waals surface area contributed by atoms with Gasteiger partial charge in [-0.3, -0.25) is 9.59 Å². The number of likely N-dealkylation sites (tertiary alicyclic amines) is 1. The van der Waals surface area contributed by atoms with E-state index in [1.165, 1.54) is 0 Å². The van der Waals surface area contributed by atoms with Crippen molar-refractivity contribution in [2.45, 2.75) is 24.9 Å². The van der Waals surface area contributed by atoms with Crippen LogP contribution in [0, 0.1) is 0 Å². The molecule has 1 aromatic carbocycles. The summed E-state index contributed by atoms with van der Waals surface area (Å²) in [5, 5.41) is 0. The number of alkyl halides is 2. The maximum atomic E-state index is 12.8. The van der Waals surface area contributed by atoms with Crippen LogP contribution < -0.4 is 5.73 Å². The summed E-state index contributed by atoms with van der Waals surface area (Å²) in [5.41, 5.74) is 6.02. The lowest BCUT2D eigenvalue weighted by Gasteiger charge is -2.40. The molecule has 1 saturated heterocycles. The third-order valence-electron chi connectivity index (χ3n) is 4.19. The van der Waals surface area contributed by atoms with Crippen LogP contribution in [0.2, 0.25) is 0 Å². The van der Waals surface area contributed by atoms with Gasteiger partial charge in [-0.05, 0) is 24.0 Å². The Labute approximate surface area is 128 Å². The Balaban J connectivity index is 2.27. The molecule has 2 amide bonds. The first kappa shape index (κ1) is 15.8. The van der Waals surface area contributed by atoms with Gasteiger partial charge >= 0.3 is 0 Å². The van der Waals surface area contributed by atoms with Gasteiger partial charge < -0.3 is 10.6 Å². The number of primary amides is 1. The van der Waals surface area contributed by atoms with Crippen molar-refractivity contribution in [2.75, 3.05) is 19.0 Å². The molecule has 114 valence electrons. The number of benzene rings is 1. The number of nitrogens with zero attached hydrogens (tertiary/aromatic N) is 1. The lowest BCUT2D eigenvalue weighted by molar-refractivity contribution is -0.133. The zero-order valence-electron chi connectivity index (χ0n) is 11.6. The van der Waals surface area contributed by atoms with Crippen molar-refractivity contribution in [3.05, 3.63) is 35.4 Å². The van der Waals surface area contributed by atoms with Gasteiger partial charge in [-0.25, -0.2) is 4.39 Å². The number of hydrogen-bond acceptors (Lipinski definition) is 2. The lowest BCUT2D eigenvalue weighted by Crippen LogP contribution is -2.51. The van der Waals surface area contributed by atoms with E-state index in [1.807, 2.05) is 0 Å². The molecule has 0 saturated carbocycles. The van der Waals surface area contributed by atoms with Crippen molar-refractivity contribution >= 4 is 23.4 Å². The normalized spacial score (nSPS) is 17.5. The van der Waals surface area contributed by atoms with Gasteiger partial charge in [0.25, 0.3) is 0 Å². The lowest BCUT2D eigenvalue weighted by atomic mass is 9.72. The van der Waals surface area contributed by atoms with E-state index in [9.17, 15) is 14.0 Å². The summed E-state index contributed by atoms with van der Waals surface area (Å²) < 4.78 is 12.8. The van der Waals surface area contributed by atoms with Crippen LogP contribution in [-0.4, -0.2) is 35.7 Å². The molecule has 0 unspecified atom stereocenters. The van der Waals surface area contributed by atoms with E-state index in [-0.39, 0.29) is 11.8 Å². The molecular weight excluding hydrogens is 295 g/mol. The molecule has 4 nitrogen and oxygen atoms in total. The fourth-order valence-electron chi connectivity index (χ4n) is 2.85. The quantitative estimate of drug-likeness (QED) is 0.861. The SMILES string of the molecule is NC(=O)C1(c2cccc(CF)c2)CCN(C(=O)CCl)CC1. The average Bonchev–Trinajstić information content (AvgIpc) is 2.54. The molecule has 1 aromatic rings. The minimum absolute atomic E-state index is 0.0685. The van der Waals surface area contributed by atoms with Crippen molar-refractivity contribution in [3.8, 4) is 0 Å². The molecule has 1 heterocycles. The van der Waals surface area contributed by atoms with E-state index in [0.29, 0.717) is 31.5 Å². The Kier molecular flexibility index (Phi) is 4.83. The molecule has 0 spiro atoms. The first-order valence-corrected chi connectivity index (χ1v) is 7.36. The second kappa shape index (κ2) is 6.43. The highest BCUT2D eigenvalue weighted by molar-refractivity contribution is 6.27. The summed E-state index contributed by atoms with van der Waals surface area (Å²) in [4.78, 5) is 25.3. The number of rotatable bonds is 4. The highest BCUT2D eigenvalue weighted by atomic mass is 35.5. The van der Waals surface area contributed by atoms with Crippen molar-refractivity contribution in [1.82, 2.24) is 4.90 Å². The standard InChI is InChI=1S/C15H18ClFN2O2/c16-9-13(20)19-6-4-15(5-7-19,14(18)21)12-3-1-2-11(8-12)10-17/h1-3,8H,4-7,9-10H2,(H2,18,21). The van der Waals surface area contributed by atoms with Gasteiger partial charge in [0.2, 0.25) is 11.8 Å². The largest absolute Gasteiger partial charge is 0.369 e. The van der Waals surface area contributed by atoms with E-state index in [2.05, 4.69) is 0 Å². The molecule has 1 aliphatic rings. The predicted molar refractivity (Wildman–Crippen MR) is 78.7 cm³/mol. The van der Waals surface area contributed by atoms with Crippen molar-refractivity contribution in [1.29, 1.82) is 0 Å². The number of nitrogens with two attached hydrogens (primary N) is 1. The van der Waals surface area contributed by atoms with Gasteiger partial charge in [0.15, 0.2) is 0 Å². The van der Waals surface area contributed by atoms with Crippen LogP contribution in [-0.2, 0) is 21.7 Å². The Morgan fingerprint density at radius 3 is 2.52 bits per heavy atom. The van der Waals surface area contributed by atoms with Gasteiger partial charge in [-0.15, -0.1) is 11.6 Å². The first-order valence-electron chi connectivity index (χ1n) is 6.82. The van der Waals surface area contributed by atoms with Crippen LogP contribution in [0.15, 0.2) is 24.3 Å². The summed E-state index contributed by atoms with van der Waals surface area (Å²) in [5.74, 6) is -0.648. The number of halogens is 2. The number of amides is 2. The minimum Gasteiger partial charge on any atom is -0.369 e. The highest BCUT2D eigenvalue weighted by Gasteiger charge is 2.42. The van der Waals surface area contributed by atoms with Gasteiger partial charge in [-0.1, -0.05) is 24.3 Å². The van der Waals surface area contributed by atoms with Gasteiger partial charge in [-0.2, -0.15) is 0 Å².